The molecule has 0 radical (unpaired) electrons. The molecule has 0 aliphatic carbocycles. The van der Waals surface area contributed by atoms with Gasteiger partial charge in [-0.15, -0.1) is 10.2 Å². The predicted octanol–water partition coefficient (Wildman–Crippen LogP) is 1.96. The zero-order valence-corrected chi connectivity index (χ0v) is 13.9. The molecular weight excluding hydrogens is 316 g/mol. The largest absolute Gasteiger partial charge is 0.493 e. The molecule has 1 aromatic carbocycles. The fourth-order valence-electron chi connectivity index (χ4n) is 3.10. The Bertz CT molecular complexity index is 903. The molecule has 2 aromatic heterocycles. The van der Waals surface area contributed by atoms with Gasteiger partial charge in [0, 0.05) is 25.6 Å². The molecule has 0 fully saturated rings. The lowest BCUT2D eigenvalue weighted by Crippen LogP contribution is -2.26. The van der Waals surface area contributed by atoms with Crippen LogP contribution in [-0.2, 0) is 24.1 Å². The van der Waals surface area contributed by atoms with Gasteiger partial charge in [0.15, 0.2) is 5.65 Å². The van der Waals surface area contributed by atoms with Gasteiger partial charge in [0.1, 0.15) is 11.6 Å². The number of nitrogens with zero attached hydrogens (tertiary/aromatic N) is 3. The number of nitrogens with one attached hydrogen (secondary N) is 1. The maximum atomic E-state index is 12.1. The van der Waals surface area contributed by atoms with Crippen LogP contribution >= 0.6 is 0 Å². The van der Waals surface area contributed by atoms with Crippen molar-refractivity contribution in [1.29, 1.82) is 0 Å². The van der Waals surface area contributed by atoms with E-state index in [1.54, 1.807) is 0 Å². The Kier molecular flexibility index (Phi) is 4.33. The number of carbonyl (C=O) groups is 1. The minimum atomic E-state index is 0.0315. The smallest absolute Gasteiger partial charge is 0.224 e. The topological polar surface area (TPSA) is 68.5 Å². The molecule has 1 aliphatic heterocycles. The molecule has 0 spiro atoms. The average molecular weight is 336 g/mol. The van der Waals surface area contributed by atoms with Gasteiger partial charge in [0.25, 0.3) is 0 Å². The number of hydrogen-bond acceptors (Lipinski definition) is 4. The zero-order valence-electron chi connectivity index (χ0n) is 13.9. The van der Waals surface area contributed by atoms with Gasteiger partial charge in [-0.05, 0) is 35.7 Å². The maximum Gasteiger partial charge on any atom is 0.224 e. The van der Waals surface area contributed by atoms with E-state index in [0.717, 1.165) is 48.7 Å². The molecule has 0 saturated carbocycles. The maximum absolute atomic E-state index is 12.1. The van der Waals surface area contributed by atoms with E-state index in [1.165, 1.54) is 5.56 Å². The summed E-state index contributed by atoms with van der Waals surface area (Å²) in [6, 6.07) is 11.9. The van der Waals surface area contributed by atoms with E-state index in [9.17, 15) is 4.79 Å². The molecule has 4 rings (SSSR count). The lowest BCUT2D eigenvalue weighted by Gasteiger charge is -2.06. The number of aryl methyl sites for hydroxylation is 1. The van der Waals surface area contributed by atoms with E-state index in [0.29, 0.717) is 13.0 Å². The van der Waals surface area contributed by atoms with E-state index in [1.807, 2.05) is 40.9 Å². The first-order valence-corrected chi connectivity index (χ1v) is 8.59. The first-order chi connectivity index (χ1) is 12.3. The van der Waals surface area contributed by atoms with Crippen molar-refractivity contribution in [2.24, 2.45) is 0 Å². The Morgan fingerprint density at radius 1 is 1.24 bits per heavy atom. The van der Waals surface area contributed by atoms with E-state index >= 15 is 0 Å². The third-order valence-electron chi connectivity index (χ3n) is 4.41. The van der Waals surface area contributed by atoms with Crippen molar-refractivity contribution in [2.45, 2.75) is 25.7 Å². The zero-order chi connectivity index (χ0) is 17.1. The van der Waals surface area contributed by atoms with Crippen LogP contribution in [0.25, 0.3) is 5.65 Å². The summed E-state index contributed by atoms with van der Waals surface area (Å²) in [5, 5.41) is 11.3. The number of ether oxygens (including phenoxy) is 1. The molecule has 6 nitrogen and oxygen atoms in total. The summed E-state index contributed by atoms with van der Waals surface area (Å²) in [5.74, 6) is 1.87. The Morgan fingerprint density at radius 3 is 3.16 bits per heavy atom. The van der Waals surface area contributed by atoms with E-state index in [2.05, 4.69) is 21.6 Å². The molecule has 3 heterocycles. The van der Waals surface area contributed by atoms with Crippen molar-refractivity contribution in [3.8, 4) is 5.75 Å². The van der Waals surface area contributed by atoms with Gasteiger partial charge in [-0.3, -0.25) is 9.20 Å². The molecule has 1 N–H and O–H groups in total. The molecule has 1 aliphatic rings. The van der Waals surface area contributed by atoms with Crippen LogP contribution in [0.4, 0.5) is 0 Å². The van der Waals surface area contributed by atoms with Crippen molar-refractivity contribution < 1.29 is 9.53 Å². The van der Waals surface area contributed by atoms with Crippen molar-refractivity contribution in [1.82, 2.24) is 19.9 Å². The molecule has 6 heteroatoms. The molecule has 0 atom stereocenters. The van der Waals surface area contributed by atoms with Crippen LogP contribution in [0.1, 0.15) is 23.4 Å². The highest BCUT2D eigenvalue weighted by Gasteiger charge is 2.13. The molecule has 3 aromatic rings. The van der Waals surface area contributed by atoms with E-state index < -0.39 is 0 Å². The lowest BCUT2D eigenvalue weighted by molar-refractivity contribution is -0.120. The second kappa shape index (κ2) is 6.93. The number of amides is 1. The van der Waals surface area contributed by atoms with Gasteiger partial charge in [-0.25, -0.2) is 0 Å². The number of benzene rings is 1. The molecule has 25 heavy (non-hydrogen) atoms. The van der Waals surface area contributed by atoms with Gasteiger partial charge in [0.05, 0.1) is 13.0 Å². The van der Waals surface area contributed by atoms with E-state index in [-0.39, 0.29) is 5.91 Å². The van der Waals surface area contributed by atoms with Crippen LogP contribution in [0.5, 0.6) is 5.75 Å². The van der Waals surface area contributed by atoms with Gasteiger partial charge in [-0.2, -0.15) is 0 Å². The normalized spacial score (nSPS) is 12.8. The summed E-state index contributed by atoms with van der Waals surface area (Å²) in [7, 11) is 0. The van der Waals surface area contributed by atoms with Crippen molar-refractivity contribution >= 4 is 11.6 Å². The summed E-state index contributed by atoms with van der Waals surface area (Å²) in [5.41, 5.74) is 3.06. The monoisotopic (exact) mass is 336 g/mol. The quantitative estimate of drug-likeness (QED) is 0.699. The molecule has 1 amide bonds. The fourth-order valence-corrected chi connectivity index (χ4v) is 3.10. The third-order valence-corrected chi connectivity index (χ3v) is 4.41. The van der Waals surface area contributed by atoms with Crippen molar-refractivity contribution in [3.63, 3.8) is 0 Å². The average Bonchev–Trinajstić information content (AvgIpc) is 3.25. The van der Waals surface area contributed by atoms with Crippen LogP contribution in [0.15, 0.2) is 42.6 Å². The predicted molar refractivity (Wildman–Crippen MR) is 93.7 cm³/mol. The van der Waals surface area contributed by atoms with Crippen molar-refractivity contribution in [2.75, 3.05) is 13.2 Å². The number of rotatable bonds is 6. The summed E-state index contributed by atoms with van der Waals surface area (Å²) >= 11 is 0. The molecule has 0 bridgehead atoms. The number of aromatic nitrogens is 3. The van der Waals surface area contributed by atoms with Gasteiger partial charge >= 0.3 is 0 Å². The highest BCUT2D eigenvalue weighted by atomic mass is 16.5. The molecule has 0 unspecified atom stereocenters. The Hall–Kier alpha value is -2.89. The van der Waals surface area contributed by atoms with Crippen LogP contribution in [0.2, 0.25) is 0 Å². The highest BCUT2D eigenvalue weighted by Crippen LogP contribution is 2.26. The SMILES string of the molecule is O=C(Cc1ccc2c(c1)OCC2)NCCCc1nnc2ccccn12. The second-order valence-electron chi connectivity index (χ2n) is 6.22. The van der Waals surface area contributed by atoms with Crippen molar-refractivity contribution in [3.05, 3.63) is 59.5 Å². The standard InChI is InChI=1S/C19H20N4O2/c24-19(13-14-6-7-15-8-11-25-16(15)12-14)20-9-3-5-18-22-21-17-4-1-2-10-23(17)18/h1-2,4,6-7,10,12H,3,5,8-9,11,13H2,(H,20,24). The lowest BCUT2D eigenvalue weighted by atomic mass is 10.1. The Morgan fingerprint density at radius 2 is 2.20 bits per heavy atom. The minimum absolute atomic E-state index is 0.0315. The Balaban J connectivity index is 1.25. The summed E-state index contributed by atoms with van der Waals surface area (Å²) in [4.78, 5) is 12.1. The van der Waals surface area contributed by atoms with Crippen LogP contribution in [0.3, 0.4) is 0 Å². The number of pyridine rings is 1. The number of fused-ring (bicyclic) bond motifs is 2. The summed E-state index contributed by atoms with van der Waals surface area (Å²) in [6.07, 6.45) is 4.90. The summed E-state index contributed by atoms with van der Waals surface area (Å²) < 4.78 is 7.53. The van der Waals surface area contributed by atoms with Crippen LogP contribution in [0, 0.1) is 0 Å². The molecule has 0 saturated heterocycles. The second-order valence-corrected chi connectivity index (χ2v) is 6.22. The summed E-state index contributed by atoms with van der Waals surface area (Å²) in [6.45, 7) is 1.37. The number of carbonyl (C=O) groups excluding carboxylic acids is 1. The first-order valence-electron chi connectivity index (χ1n) is 8.59. The fraction of sp³-hybridized carbons (Fsp3) is 0.316. The van der Waals surface area contributed by atoms with Crippen LogP contribution < -0.4 is 10.1 Å². The molecular formula is C19H20N4O2. The number of hydrogen-bond donors (Lipinski definition) is 1. The third kappa shape index (κ3) is 3.47. The van der Waals surface area contributed by atoms with Gasteiger partial charge in [-0.1, -0.05) is 18.2 Å². The van der Waals surface area contributed by atoms with Gasteiger partial charge in [0.2, 0.25) is 5.91 Å². The first kappa shape index (κ1) is 15.6. The van der Waals surface area contributed by atoms with E-state index in [4.69, 9.17) is 4.74 Å². The Labute approximate surface area is 145 Å². The minimum Gasteiger partial charge on any atom is -0.493 e. The highest BCUT2D eigenvalue weighted by molar-refractivity contribution is 5.78. The van der Waals surface area contributed by atoms with Gasteiger partial charge < -0.3 is 10.1 Å². The molecule has 128 valence electrons. The van der Waals surface area contributed by atoms with Crippen LogP contribution in [-0.4, -0.2) is 33.7 Å².